The molecule has 0 radical (unpaired) electrons. The van der Waals surface area contributed by atoms with Crippen molar-refractivity contribution in [3.63, 3.8) is 0 Å². The predicted molar refractivity (Wildman–Crippen MR) is 87.5 cm³/mol. The van der Waals surface area contributed by atoms with E-state index in [2.05, 4.69) is 30.9 Å². The second kappa shape index (κ2) is 5.64. The molecule has 0 unspecified atom stereocenters. The number of aliphatic hydroxyl groups excluding tert-OH is 1. The normalized spacial score (nSPS) is 18.1. The maximum atomic E-state index is 9.69. The van der Waals surface area contributed by atoms with E-state index >= 15 is 0 Å². The van der Waals surface area contributed by atoms with Crippen LogP contribution in [0, 0.1) is 5.41 Å². The lowest BCUT2D eigenvalue weighted by atomic mass is 9.78. The van der Waals surface area contributed by atoms with Crippen LogP contribution < -0.4 is 4.90 Å². The Morgan fingerprint density at radius 1 is 1.24 bits per heavy atom. The standard InChI is InChI=1S/C18H24N2O/c1-3-18(2)8-10-20(11-9-18)17-15(13-21)12-14-6-4-5-7-16(14)19-17/h4-7,12,21H,3,8-11,13H2,1-2H3. The molecule has 1 aromatic carbocycles. The second-order valence-corrected chi connectivity index (χ2v) is 6.47. The third kappa shape index (κ3) is 2.75. The van der Waals surface area contributed by atoms with Crippen molar-refractivity contribution in [3.8, 4) is 0 Å². The minimum atomic E-state index is 0.0503. The molecule has 1 aliphatic heterocycles. The van der Waals surface area contributed by atoms with Gasteiger partial charge >= 0.3 is 0 Å². The quantitative estimate of drug-likeness (QED) is 0.932. The number of hydrogen-bond acceptors (Lipinski definition) is 3. The first-order valence-electron chi connectivity index (χ1n) is 7.90. The summed E-state index contributed by atoms with van der Waals surface area (Å²) in [6, 6.07) is 10.2. The molecule has 1 saturated heterocycles. The van der Waals surface area contributed by atoms with Crippen LogP contribution in [0.5, 0.6) is 0 Å². The fourth-order valence-electron chi connectivity index (χ4n) is 3.15. The van der Waals surface area contributed by atoms with Gasteiger partial charge in [-0.1, -0.05) is 38.5 Å². The smallest absolute Gasteiger partial charge is 0.134 e. The monoisotopic (exact) mass is 284 g/mol. The summed E-state index contributed by atoms with van der Waals surface area (Å²) in [5.41, 5.74) is 2.41. The van der Waals surface area contributed by atoms with E-state index in [9.17, 15) is 5.11 Å². The number of aliphatic hydroxyl groups is 1. The SMILES string of the molecule is CCC1(C)CCN(c2nc3ccccc3cc2CO)CC1. The van der Waals surface area contributed by atoms with E-state index < -0.39 is 0 Å². The number of para-hydroxylation sites is 1. The number of benzene rings is 1. The predicted octanol–water partition coefficient (Wildman–Crippen LogP) is 3.74. The maximum Gasteiger partial charge on any atom is 0.134 e. The van der Waals surface area contributed by atoms with Gasteiger partial charge in [0, 0.05) is 24.0 Å². The topological polar surface area (TPSA) is 36.4 Å². The van der Waals surface area contributed by atoms with Gasteiger partial charge in [0.25, 0.3) is 0 Å². The van der Waals surface area contributed by atoms with Gasteiger partial charge in [0.1, 0.15) is 5.82 Å². The Bertz CT molecular complexity index is 630. The lowest BCUT2D eigenvalue weighted by Gasteiger charge is -2.40. The molecule has 0 aliphatic carbocycles. The van der Waals surface area contributed by atoms with Gasteiger partial charge in [0.05, 0.1) is 12.1 Å². The van der Waals surface area contributed by atoms with E-state index in [0.29, 0.717) is 5.41 Å². The van der Waals surface area contributed by atoms with Crippen molar-refractivity contribution >= 4 is 16.7 Å². The van der Waals surface area contributed by atoms with Crippen LogP contribution in [0.1, 0.15) is 38.7 Å². The Morgan fingerprint density at radius 3 is 2.62 bits per heavy atom. The molecule has 112 valence electrons. The molecule has 0 spiro atoms. The van der Waals surface area contributed by atoms with Crippen molar-refractivity contribution < 1.29 is 5.11 Å². The van der Waals surface area contributed by atoms with Crippen LogP contribution in [0.15, 0.2) is 30.3 Å². The number of anilines is 1. The number of fused-ring (bicyclic) bond motifs is 1. The summed E-state index contributed by atoms with van der Waals surface area (Å²) in [5.74, 6) is 0.967. The van der Waals surface area contributed by atoms with Crippen molar-refractivity contribution in [2.24, 2.45) is 5.41 Å². The molecule has 0 amide bonds. The Kier molecular flexibility index (Phi) is 3.85. The maximum absolute atomic E-state index is 9.69. The first-order chi connectivity index (χ1) is 10.1. The molecule has 2 aromatic rings. The van der Waals surface area contributed by atoms with E-state index in [1.165, 1.54) is 19.3 Å². The van der Waals surface area contributed by atoms with Crippen LogP contribution in [-0.4, -0.2) is 23.2 Å². The number of piperidine rings is 1. The highest BCUT2D eigenvalue weighted by atomic mass is 16.3. The number of aromatic nitrogens is 1. The summed E-state index contributed by atoms with van der Waals surface area (Å²) < 4.78 is 0. The van der Waals surface area contributed by atoms with Crippen LogP contribution in [0.3, 0.4) is 0 Å². The van der Waals surface area contributed by atoms with Gasteiger partial charge in [-0.25, -0.2) is 4.98 Å². The Balaban J connectivity index is 1.93. The van der Waals surface area contributed by atoms with Gasteiger partial charge in [-0.3, -0.25) is 0 Å². The molecule has 3 heteroatoms. The number of nitrogens with zero attached hydrogens (tertiary/aromatic N) is 2. The van der Waals surface area contributed by atoms with Crippen LogP contribution in [0.2, 0.25) is 0 Å². The van der Waals surface area contributed by atoms with Gasteiger partial charge < -0.3 is 10.0 Å². The highest BCUT2D eigenvalue weighted by Gasteiger charge is 2.29. The molecule has 0 saturated carbocycles. The number of rotatable bonds is 3. The molecule has 1 fully saturated rings. The van der Waals surface area contributed by atoms with Gasteiger partial charge in [-0.2, -0.15) is 0 Å². The second-order valence-electron chi connectivity index (χ2n) is 6.47. The third-order valence-corrected chi connectivity index (χ3v) is 5.07. The van der Waals surface area contributed by atoms with Crippen LogP contribution in [-0.2, 0) is 6.61 Å². The first kappa shape index (κ1) is 14.3. The Morgan fingerprint density at radius 2 is 1.95 bits per heavy atom. The fraction of sp³-hybridized carbons (Fsp3) is 0.500. The lowest BCUT2D eigenvalue weighted by molar-refractivity contribution is 0.236. The van der Waals surface area contributed by atoms with Crippen LogP contribution in [0.25, 0.3) is 10.9 Å². The molecular weight excluding hydrogens is 260 g/mol. The van der Waals surface area contributed by atoms with Gasteiger partial charge in [-0.15, -0.1) is 0 Å². The Hall–Kier alpha value is -1.61. The van der Waals surface area contributed by atoms with Crippen LogP contribution >= 0.6 is 0 Å². The first-order valence-corrected chi connectivity index (χ1v) is 7.90. The van der Waals surface area contributed by atoms with Crippen molar-refractivity contribution in [1.82, 2.24) is 4.98 Å². The lowest BCUT2D eigenvalue weighted by Crippen LogP contribution is -2.39. The highest BCUT2D eigenvalue weighted by Crippen LogP contribution is 2.36. The van der Waals surface area contributed by atoms with E-state index in [0.717, 1.165) is 35.4 Å². The van der Waals surface area contributed by atoms with Gasteiger partial charge in [-0.05, 0) is 30.4 Å². The molecule has 2 heterocycles. The average Bonchev–Trinajstić information content (AvgIpc) is 2.54. The molecular formula is C18H24N2O. The largest absolute Gasteiger partial charge is 0.392 e. The van der Waals surface area contributed by atoms with Crippen molar-refractivity contribution in [2.75, 3.05) is 18.0 Å². The van der Waals surface area contributed by atoms with E-state index in [1.54, 1.807) is 0 Å². The molecule has 1 N–H and O–H groups in total. The summed E-state index contributed by atoms with van der Waals surface area (Å²) in [6.45, 7) is 6.77. The average molecular weight is 284 g/mol. The van der Waals surface area contributed by atoms with Crippen molar-refractivity contribution in [2.45, 2.75) is 39.7 Å². The van der Waals surface area contributed by atoms with E-state index in [-0.39, 0.29) is 6.61 Å². The summed E-state index contributed by atoms with van der Waals surface area (Å²) >= 11 is 0. The highest BCUT2D eigenvalue weighted by molar-refractivity contribution is 5.81. The molecule has 21 heavy (non-hydrogen) atoms. The van der Waals surface area contributed by atoms with Gasteiger partial charge in [0.2, 0.25) is 0 Å². The minimum Gasteiger partial charge on any atom is -0.392 e. The molecule has 0 bridgehead atoms. The summed E-state index contributed by atoms with van der Waals surface area (Å²) in [7, 11) is 0. The summed E-state index contributed by atoms with van der Waals surface area (Å²) in [5, 5.41) is 10.8. The zero-order chi connectivity index (χ0) is 14.9. The zero-order valence-electron chi connectivity index (χ0n) is 13.0. The summed E-state index contributed by atoms with van der Waals surface area (Å²) in [6.07, 6.45) is 3.63. The molecule has 3 nitrogen and oxygen atoms in total. The molecule has 0 atom stereocenters. The molecule has 1 aromatic heterocycles. The summed E-state index contributed by atoms with van der Waals surface area (Å²) in [4.78, 5) is 7.15. The van der Waals surface area contributed by atoms with Gasteiger partial charge in [0.15, 0.2) is 0 Å². The fourth-order valence-corrected chi connectivity index (χ4v) is 3.15. The van der Waals surface area contributed by atoms with E-state index in [1.807, 2.05) is 18.2 Å². The van der Waals surface area contributed by atoms with Crippen molar-refractivity contribution in [3.05, 3.63) is 35.9 Å². The van der Waals surface area contributed by atoms with Crippen molar-refractivity contribution in [1.29, 1.82) is 0 Å². The third-order valence-electron chi connectivity index (χ3n) is 5.07. The number of pyridine rings is 1. The molecule has 3 rings (SSSR count). The molecule has 1 aliphatic rings. The van der Waals surface area contributed by atoms with E-state index in [4.69, 9.17) is 4.98 Å². The number of hydrogen-bond donors (Lipinski definition) is 1. The zero-order valence-corrected chi connectivity index (χ0v) is 13.0. The Labute approximate surface area is 126 Å². The van der Waals surface area contributed by atoms with Crippen LogP contribution in [0.4, 0.5) is 5.82 Å². The minimum absolute atomic E-state index is 0.0503.